The van der Waals surface area contributed by atoms with Crippen LogP contribution in [0.15, 0.2) is 33.7 Å². The minimum Gasteiger partial charge on any atom is -0.497 e. The second kappa shape index (κ2) is 6.74. The third-order valence-electron chi connectivity index (χ3n) is 4.58. The van der Waals surface area contributed by atoms with Gasteiger partial charge in [-0.3, -0.25) is 0 Å². The third-order valence-corrected chi connectivity index (χ3v) is 7.80. The number of hydrogen-bond donors (Lipinski definition) is 0. The largest absolute Gasteiger partial charge is 0.497 e. The lowest BCUT2D eigenvalue weighted by Crippen LogP contribution is -2.36. The molecule has 3 aromatic rings. The van der Waals surface area contributed by atoms with E-state index in [0.29, 0.717) is 31.0 Å². The summed E-state index contributed by atoms with van der Waals surface area (Å²) in [7, 11) is -2.02. The van der Waals surface area contributed by atoms with Crippen molar-refractivity contribution in [3.8, 4) is 16.3 Å². The van der Waals surface area contributed by atoms with E-state index in [-0.39, 0.29) is 4.90 Å². The molecular weight excluding hydrogens is 386 g/mol. The van der Waals surface area contributed by atoms with Gasteiger partial charge in [-0.1, -0.05) is 17.3 Å². The molecule has 0 N–H and O–H groups in total. The molecule has 1 aliphatic rings. The van der Waals surface area contributed by atoms with E-state index in [0.717, 1.165) is 26.9 Å². The fourth-order valence-corrected chi connectivity index (χ4v) is 6.13. The van der Waals surface area contributed by atoms with Crippen molar-refractivity contribution in [3.63, 3.8) is 0 Å². The molecule has 0 saturated heterocycles. The van der Waals surface area contributed by atoms with E-state index in [4.69, 9.17) is 14.2 Å². The monoisotopic (exact) mass is 405 g/mol. The molecule has 0 aliphatic carbocycles. The van der Waals surface area contributed by atoms with E-state index < -0.39 is 10.0 Å². The molecule has 9 heteroatoms. The maximum Gasteiger partial charge on any atom is 0.248 e. The van der Waals surface area contributed by atoms with Crippen LogP contribution in [0.3, 0.4) is 0 Å². The first-order valence-electron chi connectivity index (χ1n) is 8.46. The Morgan fingerprint density at radius 1 is 1.30 bits per heavy atom. The molecule has 1 aromatic carbocycles. The zero-order chi connectivity index (χ0) is 19.2. The molecule has 0 saturated carbocycles. The smallest absolute Gasteiger partial charge is 0.248 e. The fourth-order valence-electron chi connectivity index (χ4n) is 3.23. The summed E-state index contributed by atoms with van der Waals surface area (Å²) in [4.78, 5) is 5.86. The molecule has 2 aromatic heterocycles. The van der Waals surface area contributed by atoms with Gasteiger partial charge in [-0.05, 0) is 26.0 Å². The quantitative estimate of drug-likeness (QED) is 0.663. The Balaban J connectivity index is 1.65. The number of fused-ring (bicyclic) bond motifs is 1. The molecule has 0 amide bonds. The van der Waals surface area contributed by atoms with Gasteiger partial charge in [-0.2, -0.15) is 4.31 Å². The highest BCUT2D eigenvalue weighted by atomic mass is 32.2. The average Bonchev–Trinajstić information content (AvgIpc) is 3.24. The van der Waals surface area contributed by atoms with Crippen LogP contribution in [-0.4, -0.2) is 36.5 Å². The van der Waals surface area contributed by atoms with Crippen LogP contribution in [0.4, 0.5) is 0 Å². The lowest BCUT2D eigenvalue weighted by Gasteiger charge is -2.25. The van der Waals surface area contributed by atoms with Gasteiger partial charge >= 0.3 is 0 Å². The van der Waals surface area contributed by atoms with Crippen molar-refractivity contribution >= 4 is 21.4 Å². The standard InChI is InChI=1S/C18H19N3O4S2/c1-11-17(12(2)25-20-11)27(22,23)21-8-7-15-16(10-21)26-18(19-15)13-5-4-6-14(9-13)24-3/h4-6,9H,7-8,10H2,1-3H3. The van der Waals surface area contributed by atoms with Crippen molar-refractivity contribution in [2.45, 2.75) is 31.7 Å². The maximum atomic E-state index is 13.1. The Morgan fingerprint density at radius 2 is 2.11 bits per heavy atom. The van der Waals surface area contributed by atoms with Gasteiger partial charge in [0.25, 0.3) is 0 Å². The molecule has 1 aliphatic heterocycles. The lowest BCUT2D eigenvalue weighted by molar-refractivity contribution is 0.382. The highest BCUT2D eigenvalue weighted by Gasteiger charge is 2.34. The SMILES string of the molecule is COc1cccc(-c2nc3c(s2)CN(S(=O)(=O)c2c(C)noc2C)CC3)c1. The Bertz CT molecular complexity index is 1080. The first-order valence-corrected chi connectivity index (χ1v) is 10.7. The van der Waals surface area contributed by atoms with Crippen LogP contribution >= 0.6 is 11.3 Å². The van der Waals surface area contributed by atoms with Gasteiger partial charge in [0, 0.05) is 23.4 Å². The summed E-state index contributed by atoms with van der Waals surface area (Å²) < 4.78 is 37.9. The number of aryl methyl sites for hydroxylation is 2. The summed E-state index contributed by atoms with van der Waals surface area (Å²) in [5.41, 5.74) is 2.32. The minimum absolute atomic E-state index is 0.170. The highest BCUT2D eigenvalue weighted by Crippen LogP contribution is 2.35. The summed E-state index contributed by atoms with van der Waals surface area (Å²) in [6.45, 7) is 3.96. The Hall–Kier alpha value is -2.23. The molecule has 0 spiro atoms. The number of thiazole rings is 1. The van der Waals surface area contributed by atoms with Crippen LogP contribution in [0.25, 0.3) is 10.6 Å². The number of benzene rings is 1. The minimum atomic E-state index is -3.65. The summed E-state index contributed by atoms with van der Waals surface area (Å²) in [5, 5.41) is 4.65. The fraction of sp³-hybridized carbons (Fsp3) is 0.333. The van der Waals surface area contributed by atoms with Gasteiger partial charge in [0.1, 0.15) is 21.3 Å². The van der Waals surface area contributed by atoms with E-state index in [1.54, 1.807) is 21.0 Å². The molecule has 0 radical (unpaired) electrons. The molecular formula is C18H19N3O4S2. The molecule has 0 atom stereocenters. The van der Waals surface area contributed by atoms with E-state index in [1.807, 2.05) is 24.3 Å². The van der Waals surface area contributed by atoms with Gasteiger partial charge in [0.15, 0.2) is 5.76 Å². The highest BCUT2D eigenvalue weighted by molar-refractivity contribution is 7.89. The second-order valence-electron chi connectivity index (χ2n) is 6.36. The summed E-state index contributed by atoms with van der Waals surface area (Å²) in [6.07, 6.45) is 0.582. The maximum absolute atomic E-state index is 13.1. The summed E-state index contributed by atoms with van der Waals surface area (Å²) in [6, 6.07) is 7.71. The number of nitrogens with zero attached hydrogens (tertiary/aromatic N) is 3. The molecule has 0 unspecified atom stereocenters. The predicted octanol–water partition coefficient (Wildman–Crippen LogP) is 3.17. The van der Waals surface area contributed by atoms with E-state index in [9.17, 15) is 8.42 Å². The van der Waals surface area contributed by atoms with Crippen LogP contribution in [0.5, 0.6) is 5.75 Å². The number of sulfonamides is 1. The van der Waals surface area contributed by atoms with E-state index >= 15 is 0 Å². The van der Waals surface area contributed by atoms with Crippen LogP contribution in [0.2, 0.25) is 0 Å². The number of methoxy groups -OCH3 is 1. The van der Waals surface area contributed by atoms with Crippen molar-refractivity contribution in [1.29, 1.82) is 0 Å². The van der Waals surface area contributed by atoms with Crippen molar-refractivity contribution in [3.05, 3.63) is 46.3 Å². The van der Waals surface area contributed by atoms with Gasteiger partial charge < -0.3 is 9.26 Å². The first-order chi connectivity index (χ1) is 12.9. The zero-order valence-electron chi connectivity index (χ0n) is 15.2. The van der Waals surface area contributed by atoms with Crippen molar-refractivity contribution in [1.82, 2.24) is 14.4 Å². The number of aromatic nitrogens is 2. The zero-order valence-corrected chi connectivity index (χ0v) is 16.9. The van der Waals surface area contributed by atoms with Crippen molar-refractivity contribution < 1.29 is 17.7 Å². The molecule has 4 rings (SSSR count). The first kappa shape index (κ1) is 18.1. The molecule has 142 valence electrons. The Kier molecular flexibility index (Phi) is 4.53. The third kappa shape index (κ3) is 3.15. The normalized spacial score (nSPS) is 14.9. The lowest BCUT2D eigenvalue weighted by atomic mass is 10.2. The Morgan fingerprint density at radius 3 is 2.81 bits per heavy atom. The van der Waals surface area contributed by atoms with Gasteiger partial charge in [-0.25, -0.2) is 13.4 Å². The number of hydrogen-bond acceptors (Lipinski definition) is 7. The molecule has 0 bridgehead atoms. The van der Waals surface area contributed by atoms with Crippen LogP contribution in [-0.2, 0) is 23.0 Å². The average molecular weight is 406 g/mol. The number of rotatable bonds is 4. The van der Waals surface area contributed by atoms with Crippen LogP contribution in [0.1, 0.15) is 22.0 Å². The molecule has 3 heterocycles. The van der Waals surface area contributed by atoms with E-state index in [1.165, 1.54) is 15.6 Å². The molecule has 27 heavy (non-hydrogen) atoms. The van der Waals surface area contributed by atoms with Crippen molar-refractivity contribution in [2.75, 3.05) is 13.7 Å². The second-order valence-corrected chi connectivity index (χ2v) is 9.32. The number of ether oxygens (including phenoxy) is 1. The molecule has 0 fully saturated rings. The van der Waals surface area contributed by atoms with E-state index in [2.05, 4.69) is 5.16 Å². The van der Waals surface area contributed by atoms with Crippen LogP contribution in [0, 0.1) is 13.8 Å². The van der Waals surface area contributed by atoms with Gasteiger partial charge in [0.2, 0.25) is 10.0 Å². The van der Waals surface area contributed by atoms with Gasteiger partial charge in [-0.15, -0.1) is 11.3 Å². The van der Waals surface area contributed by atoms with Gasteiger partial charge in [0.05, 0.1) is 19.3 Å². The summed E-state index contributed by atoms with van der Waals surface area (Å²) in [5.74, 6) is 1.09. The topological polar surface area (TPSA) is 85.5 Å². The van der Waals surface area contributed by atoms with Crippen LogP contribution < -0.4 is 4.74 Å². The Labute approximate surface area is 161 Å². The molecule has 7 nitrogen and oxygen atoms in total. The summed E-state index contributed by atoms with van der Waals surface area (Å²) >= 11 is 1.52. The van der Waals surface area contributed by atoms with Crippen molar-refractivity contribution in [2.24, 2.45) is 0 Å². The predicted molar refractivity (Wildman–Crippen MR) is 101 cm³/mol.